The number of benzene rings is 3. The maximum Gasteiger partial charge on any atom is 0.320 e. The van der Waals surface area contributed by atoms with E-state index in [9.17, 15) is 9.90 Å². The number of para-hydroxylation sites is 1. The highest BCUT2D eigenvalue weighted by Crippen LogP contribution is 2.38. The molecule has 31 heavy (non-hydrogen) atoms. The predicted octanol–water partition coefficient (Wildman–Crippen LogP) is 5.60. The zero-order valence-electron chi connectivity index (χ0n) is 17.9. The standard InChI is InChI=1S/C27H29NO3/c1-20-14-16-22(17-15-20)26(28-18-8-7-12-24(28)27(29)30)23-11-5-6-13-25(23)31-19-21-9-3-2-4-10-21/h2-6,9-11,13-17,24,26H,7-8,12,18-19H2,1H3,(H,29,30). The molecule has 160 valence electrons. The van der Waals surface area contributed by atoms with Gasteiger partial charge >= 0.3 is 5.97 Å². The molecule has 3 aromatic carbocycles. The summed E-state index contributed by atoms with van der Waals surface area (Å²) < 4.78 is 6.26. The Hall–Kier alpha value is -3.11. The summed E-state index contributed by atoms with van der Waals surface area (Å²) in [5.74, 6) is 0.0473. The summed E-state index contributed by atoms with van der Waals surface area (Å²) in [7, 11) is 0. The maximum atomic E-state index is 12.1. The molecule has 1 N–H and O–H groups in total. The summed E-state index contributed by atoms with van der Waals surface area (Å²) in [5.41, 5.74) is 4.39. The molecule has 2 unspecified atom stereocenters. The van der Waals surface area contributed by atoms with E-state index in [4.69, 9.17) is 4.74 Å². The normalized spacial score (nSPS) is 17.8. The molecule has 0 bridgehead atoms. The summed E-state index contributed by atoms with van der Waals surface area (Å²) in [5, 5.41) is 9.94. The summed E-state index contributed by atoms with van der Waals surface area (Å²) in [4.78, 5) is 14.2. The first-order valence-corrected chi connectivity index (χ1v) is 10.9. The van der Waals surface area contributed by atoms with Crippen molar-refractivity contribution in [3.63, 3.8) is 0 Å². The Bertz CT molecular complexity index is 1000. The molecule has 1 saturated heterocycles. The van der Waals surface area contributed by atoms with Gasteiger partial charge in [-0.05, 0) is 43.5 Å². The lowest BCUT2D eigenvalue weighted by molar-refractivity contribution is -0.145. The largest absolute Gasteiger partial charge is 0.489 e. The predicted molar refractivity (Wildman–Crippen MR) is 122 cm³/mol. The van der Waals surface area contributed by atoms with Crippen molar-refractivity contribution in [3.05, 3.63) is 101 Å². The summed E-state index contributed by atoms with van der Waals surface area (Å²) in [6.45, 7) is 3.29. The first kappa shape index (κ1) is 21.1. The lowest BCUT2D eigenvalue weighted by atomic mass is 9.91. The molecule has 1 fully saturated rings. The number of aryl methyl sites for hydroxylation is 1. The number of carboxylic acids is 1. The smallest absolute Gasteiger partial charge is 0.320 e. The quantitative estimate of drug-likeness (QED) is 0.545. The maximum absolute atomic E-state index is 12.1. The average molecular weight is 416 g/mol. The summed E-state index contributed by atoms with van der Waals surface area (Å²) in [6.07, 6.45) is 2.62. The van der Waals surface area contributed by atoms with Crippen LogP contribution in [0.25, 0.3) is 0 Å². The van der Waals surface area contributed by atoms with Gasteiger partial charge in [0.25, 0.3) is 0 Å². The first-order valence-electron chi connectivity index (χ1n) is 10.9. The fourth-order valence-electron chi connectivity index (χ4n) is 4.40. The van der Waals surface area contributed by atoms with Crippen LogP contribution in [-0.2, 0) is 11.4 Å². The number of carboxylic acid groups (broad SMARTS) is 1. The highest BCUT2D eigenvalue weighted by atomic mass is 16.5. The molecule has 0 spiro atoms. The number of piperidine rings is 1. The highest BCUT2D eigenvalue weighted by molar-refractivity contribution is 5.73. The summed E-state index contributed by atoms with van der Waals surface area (Å²) >= 11 is 0. The van der Waals surface area contributed by atoms with Gasteiger partial charge in [-0.25, -0.2) is 0 Å². The molecule has 2 atom stereocenters. The molecule has 1 heterocycles. The van der Waals surface area contributed by atoms with Gasteiger partial charge < -0.3 is 9.84 Å². The first-order chi connectivity index (χ1) is 15.1. The van der Waals surface area contributed by atoms with Crippen LogP contribution in [0.3, 0.4) is 0 Å². The Balaban J connectivity index is 1.73. The molecule has 0 saturated carbocycles. The van der Waals surface area contributed by atoms with E-state index in [2.05, 4.69) is 42.2 Å². The minimum atomic E-state index is -0.750. The Kier molecular flexibility index (Phi) is 6.68. The Labute approximate surface area is 184 Å². The van der Waals surface area contributed by atoms with Crippen LogP contribution in [0.5, 0.6) is 5.75 Å². The molecule has 0 aliphatic carbocycles. The van der Waals surface area contributed by atoms with E-state index in [1.807, 2.05) is 48.5 Å². The molecular weight excluding hydrogens is 386 g/mol. The minimum absolute atomic E-state index is 0.172. The van der Waals surface area contributed by atoms with Crippen molar-refractivity contribution in [1.29, 1.82) is 0 Å². The summed E-state index contributed by atoms with van der Waals surface area (Å²) in [6, 6.07) is 25.9. The Morgan fingerprint density at radius 3 is 2.45 bits per heavy atom. The fourth-order valence-corrected chi connectivity index (χ4v) is 4.40. The molecule has 4 nitrogen and oxygen atoms in total. The van der Waals surface area contributed by atoms with E-state index in [0.29, 0.717) is 13.0 Å². The van der Waals surface area contributed by atoms with Gasteiger partial charge in [-0.15, -0.1) is 0 Å². The molecule has 0 aromatic heterocycles. The van der Waals surface area contributed by atoms with Crippen molar-refractivity contribution in [2.75, 3.05) is 6.54 Å². The van der Waals surface area contributed by atoms with Crippen molar-refractivity contribution in [2.24, 2.45) is 0 Å². The van der Waals surface area contributed by atoms with E-state index in [1.54, 1.807) is 0 Å². The van der Waals surface area contributed by atoms with E-state index in [-0.39, 0.29) is 6.04 Å². The molecular formula is C27H29NO3. The van der Waals surface area contributed by atoms with Crippen LogP contribution in [0.4, 0.5) is 0 Å². The van der Waals surface area contributed by atoms with Crippen molar-refractivity contribution >= 4 is 5.97 Å². The van der Waals surface area contributed by atoms with Gasteiger partial charge in [0.2, 0.25) is 0 Å². The van der Waals surface area contributed by atoms with Crippen LogP contribution < -0.4 is 4.74 Å². The second-order valence-electron chi connectivity index (χ2n) is 8.21. The van der Waals surface area contributed by atoms with Crippen molar-refractivity contribution in [2.45, 2.75) is 44.9 Å². The number of carbonyl (C=O) groups is 1. The van der Waals surface area contributed by atoms with Gasteiger partial charge in [0.15, 0.2) is 0 Å². The average Bonchev–Trinajstić information content (AvgIpc) is 2.81. The van der Waals surface area contributed by atoms with E-state index in [1.165, 1.54) is 5.56 Å². The van der Waals surface area contributed by atoms with Gasteiger partial charge in [-0.3, -0.25) is 9.69 Å². The number of nitrogens with zero attached hydrogens (tertiary/aromatic N) is 1. The Morgan fingerprint density at radius 1 is 1.00 bits per heavy atom. The van der Waals surface area contributed by atoms with Crippen LogP contribution in [0.1, 0.15) is 47.6 Å². The van der Waals surface area contributed by atoms with Crippen LogP contribution in [-0.4, -0.2) is 28.6 Å². The molecule has 1 aliphatic rings. The minimum Gasteiger partial charge on any atom is -0.489 e. The molecule has 1 aliphatic heterocycles. The number of hydrogen-bond donors (Lipinski definition) is 1. The van der Waals surface area contributed by atoms with Crippen molar-refractivity contribution in [3.8, 4) is 5.75 Å². The third-order valence-corrected chi connectivity index (χ3v) is 6.00. The van der Waals surface area contributed by atoms with Gasteiger partial charge in [0.1, 0.15) is 18.4 Å². The Morgan fingerprint density at radius 2 is 1.71 bits per heavy atom. The topological polar surface area (TPSA) is 49.8 Å². The van der Waals surface area contributed by atoms with Gasteiger partial charge in [-0.2, -0.15) is 0 Å². The highest BCUT2D eigenvalue weighted by Gasteiger charge is 2.36. The monoisotopic (exact) mass is 415 g/mol. The zero-order chi connectivity index (χ0) is 21.6. The third kappa shape index (κ3) is 4.97. The SMILES string of the molecule is Cc1ccc(C(c2ccccc2OCc2ccccc2)N2CCCCC2C(=O)O)cc1. The van der Waals surface area contributed by atoms with Gasteiger partial charge in [0, 0.05) is 5.56 Å². The van der Waals surface area contributed by atoms with Gasteiger partial charge in [0.05, 0.1) is 6.04 Å². The molecule has 4 heteroatoms. The fraction of sp³-hybridized carbons (Fsp3) is 0.296. The second kappa shape index (κ2) is 9.80. The third-order valence-electron chi connectivity index (χ3n) is 6.00. The van der Waals surface area contributed by atoms with Gasteiger partial charge in [-0.1, -0.05) is 84.8 Å². The molecule has 0 radical (unpaired) electrons. The van der Waals surface area contributed by atoms with Crippen LogP contribution in [0.15, 0.2) is 78.9 Å². The van der Waals surface area contributed by atoms with Crippen molar-refractivity contribution in [1.82, 2.24) is 4.90 Å². The number of ether oxygens (including phenoxy) is 1. The van der Waals surface area contributed by atoms with Crippen LogP contribution in [0, 0.1) is 6.92 Å². The van der Waals surface area contributed by atoms with Crippen molar-refractivity contribution < 1.29 is 14.6 Å². The van der Waals surface area contributed by atoms with E-state index < -0.39 is 12.0 Å². The number of rotatable bonds is 7. The number of likely N-dealkylation sites (tertiary alicyclic amines) is 1. The molecule has 4 rings (SSSR count). The number of hydrogen-bond acceptors (Lipinski definition) is 3. The number of aliphatic carboxylic acids is 1. The van der Waals surface area contributed by atoms with Crippen LogP contribution >= 0.6 is 0 Å². The zero-order valence-corrected chi connectivity index (χ0v) is 17.9. The second-order valence-corrected chi connectivity index (χ2v) is 8.21. The lowest BCUT2D eigenvalue weighted by Gasteiger charge is -2.40. The van der Waals surface area contributed by atoms with Crippen LogP contribution in [0.2, 0.25) is 0 Å². The molecule has 0 amide bonds. The molecule has 3 aromatic rings. The van der Waals surface area contributed by atoms with E-state index >= 15 is 0 Å². The van der Waals surface area contributed by atoms with E-state index in [0.717, 1.165) is 41.8 Å². The lowest BCUT2D eigenvalue weighted by Crippen LogP contribution is -2.46.